The number of aliphatic hydroxyl groups excluding tert-OH is 4. The topological polar surface area (TPSA) is 118 Å². The Morgan fingerprint density at radius 2 is 1.33 bits per heavy atom. The molecule has 0 saturated heterocycles. The molecule has 0 spiro atoms. The summed E-state index contributed by atoms with van der Waals surface area (Å²) in [6.07, 6.45) is 0.222. The van der Waals surface area contributed by atoms with E-state index in [0.717, 1.165) is 4.90 Å². The minimum atomic E-state index is -1.11. The number of rotatable bonds is 5. The average molecular weight is 320 g/mol. The monoisotopic (exact) mass is 320 g/mol. The fourth-order valence-corrected chi connectivity index (χ4v) is 0.900. The number of benzene rings is 1. The third-order valence-electron chi connectivity index (χ3n) is 2.40. The quantitative estimate of drug-likeness (QED) is 0.437. The van der Waals surface area contributed by atoms with Crippen molar-refractivity contribution in [2.75, 3.05) is 26.4 Å². The van der Waals surface area contributed by atoms with Crippen molar-refractivity contribution in [3.05, 3.63) is 30.3 Å². The van der Waals surface area contributed by atoms with Crippen LogP contribution in [0.15, 0.2) is 35.2 Å². The van der Waals surface area contributed by atoms with Crippen LogP contribution in [0.25, 0.3) is 0 Å². The smallest absolute Gasteiger partial charge is 0.303 e. The van der Waals surface area contributed by atoms with Gasteiger partial charge in [0.1, 0.15) is 0 Å². The molecule has 0 aliphatic carbocycles. The lowest BCUT2D eigenvalue weighted by molar-refractivity contribution is -0.136. The predicted octanol–water partition coefficient (Wildman–Crippen LogP) is 0.398. The molecule has 0 heterocycles. The van der Waals surface area contributed by atoms with Crippen molar-refractivity contribution in [1.29, 1.82) is 0 Å². The van der Waals surface area contributed by atoms with Crippen molar-refractivity contribution < 1.29 is 30.3 Å². The molecule has 0 aromatic heterocycles. The van der Waals surface area contributed by atoms with Crippen LogP contribution in [0, 0.1) is 5.41 Å². The maximum Gasteiger partial charge on any atom is 0.303 e. The molecule has 6 nitrogen and oxygen atoms in total. The summed E-state index contributed by atoms with van der Waals surface area (Å²) in [6, 6.07) is 9.79. The molecular formula is C14H24O6S. The molecule has 21 heavy (non-hydrogen) atoms. The third-order valence-corrected chi connectivity index (χ3v) is 2.70. The van der Waals surface area contributed by atoms with Crippen molar-refractivity contribution in [2.45, 2.75) is 18.2 Å². The Morgan fingerprint density at radius 1 is 1.00 bits per heavy atom. The van der Waals surface area contributed by atoms with E-state index in [2.05, 4.69) is 12.6 Å². The second-order valence-electron chi connectivity index (χ2n) is 4.22. The lowest BCUT2D eigenvalue weighted by Gasteiger charge is -2.23. The van der Waals surface area contributed by atoms with E-state index in [0.29, 0.717) is 0 Å². The van der Waals surface area contributed by atoms with E-state index in [-0.39, 0.29) is 6.42 Å². The summed E-state index contributed by atoms with van der Waals surface area (Å²) in [5, 5.41) is 41.7. The Bertz CT molecular complexity index is 336. The third kappa shape index (κ3) is 12.3. The lowest BCUT2D eigenvalue weighted by atomic mass is 9.93. The molecule has 7 heteroatoms. The van der Waals surface area contributed by atoms with Crippen LogP contribution in [-0.2, 0) is 4.79 Å². The molecule has 0 aliphatic rings. The van der Waals surface area contributed by atoms with Crippen LogP contribution in [0.4, 0.5) is 0 Å². The summed E-state index contributed by atoms with van der Waals surface area (Å²) < 4.78 is 0. The zero-order valence-electron chi connectivity index (χ0n) is 12.0. The van der Waals surface area contributed by atoms with E-state index in [1.54, 1.807) is 6.92 Å². The van der Waals surface area contributed by atoms with Gasteiger partial charge in [0.15, 0.2) is 0 Å². The van der Waals surface area contributed by atoms with Gasteiger partial charge in [0.05, 0.1) is 31.8 Å². The molecule has 5 N–H and O–H groups in total. The van der Waals surface area contributed by atoms with Crippen LogP contribution in [0.3, 0.4) is 0 Å². The number of hydrogen-bond donors (Lipinski definition) is 6. The highest BCUT2D eigenvalue weighted by Crippen LogP contribution is 2.11. The molecule has 1 aromatic rings. The van der Waals surface area contributed by atoms with Crippen molar-refractivity contribution in [2.24, 2.45) is 5.41 Å². The first kappa shape index (κ1) is 22.2. The van der Waals surface area contributed by atoms with Crippen LogP contribution in [0.5, 0.6) is 0 Å². The second-order valence-corrected chi connectivity index (χ2v) is 4.73. The Kier molecular flexibility index (Phi) is 14.6. The summed E-state index contributed by atoms with van der Waals surface area (Å²) >= 11 is 4.08. The molecule has 122 valence electrons. The highest BCUT2D eigenvalue weighted by Gasteiger charge is 2.26. The van der Waals surface area contributed by atoms with Gasteiger partial charge in [-0.05, 0) is 12.1 Å². The average Bonchev–Trinajstić information content (AvgIpc) is 2.52. The van der Waals surface area contributed by atoms with Crippen molar-refractivity contribution in [3.8, 4) is 0 Å². The molecule has 0 atom stereocenters. The van der Waals surface area contributed by atoms with E-state index < -0.39 is 37.8 Å². The van der Waals surface area contributed by atoms with Crippen LogP contribution in [0.2, 0.25) is 0 Å². The summed E-state index contributed by atoms with van der Waals surface area (Å²) in [7, 11) is 0. The number of carboxylic acid groups (broad SMARTS) is 1. The molecule has 0 radical (unpaired) electrons. The van der Waals surface area contributed by atoms with Crippen LogP contribution in [0.1, 0.15) is 13.3 Å². The van der Waals surface area contributed by atoms with Gasteiger partial charge in [0.2, 0.25) is 0 Å². The van der Waals surface area contributed by atoms with Gasteiger partial charge in [-0.1, -0.05) is 25.1 Å². The van der Waals surface area contributed by atoms with Gasteiger partial charge in [-0.2, -0.15) is 0 Å². The van der Waals surface area contributed by atoms with Crippen LogP contribution in [-0.4, -0.2) is 57.9 Å². The summed E-state index contributed by atoms with van der Waals surface area (Å²) in [5.41, 5.74) is -1.11. The number of aliphatic hydroxyl groups is 4. The number of hydrogen-bond acceptors (Lipinski definition) is 6. The summed E-state index contributed by atoms with van der Waals surface area (Å²) in [4.78, 5) is 10.4. The van der Waals surface area contributed by atoms with Gasteiger partial charge >= 0.3 is 5.97 Å². The molecular weight excluding hydrogens is 296 g/mol. The Labute approximate surface area is 130 Å². The lowest BCUT2D eigenvalue weighted by Crippen LogP contribution is -2.37. The minimum absolute atomic E-state index is 0.222. The second kappa shape index (κ2) is 13.8. The first-order chi connectivity index (χ1) is 9.91. The van der Waals surface area contributed by atoms with Gasteiger partial charge in [-0.25, -0.2) is 0 Å². The molecule has 0 saturated carbocycles. The zero-order valence-corrected chi connectivity index (χ0v) is 12.9. The Hall–Kier alpha value is -1.12. The molecule has 0 unspecified atom stereocenters. The van der Waals surface area contributed by atoms with Crippen molar-refractivity contribution in [1.82, 2.24) is 0 Å². The number of aliphatic carboxylic acids is 1. The standard InChI is InChI=1S/C6H6S.C5H12O4.C3H6O2/c7-6-4-2-1-3-5-6;6-1-5(2-7,3-8)4-9;1-2-3(4)5/h1-5,7H;6-9H,1-4H2;2H2,1H3,(H,4,5). The molecule has 0 fully saturated rings. The number of carbonyl (C=O) groups is 1. The largest absolute Gasteiger partial charge is 0.481 e. The normalized spacial score (nSPS) is 9.81. The predicted molar refractivity (Wildman–Crippen MR) is 82.4 cm³/mol. The van der Waals surface area contributed by atoms with Crippen LogP contribution >= 0.6 is 12.6 Å². The van der Waals surface area contributed by atoms with Gasteiger partial charge in [-0.15, -0.1) is 12.6 Å². The van der Waals surface area contributed by atoms with Gasteiger partial charge in [-0.3, -0.25) is 4.79 Å². The Balaban J connectivity index is 0. The maximum absolute atomic E-state index is 9.37. The van der Waals surface area contributed by atoms with E-state index >= 15 is 0 Å². The molecule has 1 aromatic carbocycles. The first-order valence-electron chi connectivity index (χ1n) is 6.30. The summed E-state index contributed by atoms with van der Waals surface area (Å²) in [6.45, 7) is -0.0255. The van der Waals surface area contributed by atoms with E-state index in [4.69, 9.17) is 25.5 Å². The van der Waals surface area contributed by atoms with Gasteiger partial charge < -0.3 is 25.5 Å². The van der Waals surface area contributed by atoms with Crippen molar-refractivity contribution >= 4 is 18.6 Å². The van der Waals surface area contributed by atoms with Crippen molar-refractivity contribution in [3.63, 3.8) is 0 Å². The van der Waals surface area contributed by atoms with E-state index in [9.17, 15) is 4.79 Å². The number of thiol groups is 1. The Morgan fingerprint density at radius 3 is 1.43 bits per heavy atom. The highest BCUT2D eigenvalue weighted by molar-refractivity contribution is 7.80. The zero-order chi connectivity index (χ0) is 16.7. The van der Waals surface area contributed by atoms with E-state index in [1.807, 2.05) is 30.3 Å². The summed E-state index contributed by atoms with van der Waals surface area (Å²) in [5.74, 6) is -0.745. The van der Waals surface area contributed by atoms with E-state index in [1.165, 1.54) is 0 Å². The number of carboxylic acids is 1. The molecule has 1 rings (SSSR count). The maximum atomic E-state index is 9.37. The van der Waals surface area contributed by atoms with Crippen LogP contribution < -0.4 is 0 Å². The first-order valence-corrected chi connectivity index (χ1v) is 6.75. The molecule has 0 aliphatic heterocycles. The molecule has 0 amide bonds. The fraction of sp³-hybridized carbons (Fsp3) is 0.500. The molecule has 0 bridgehead atoms. The minimum Gasteiger partial charge on any atom is -0.481 e. The SMILES string of the molecule is CCC(=O)O.OCC(CO)(CO)CO.Sc1ccccc1. The van der Waals surface area contributed by atoms with Gasteiger partial charge in [0.25, 0.3) is 0 Å². The fourth-order valence-electron chi connectivity index (χ4n) is 0.728. The highest BCUT2D eigenvalue weighted by atomic mass is 32.1. The van der Waals surface area contributed by atoms with Gasteiger partial charge in [0, 0.05) is 11.3 Å².